The molecule has 9 nitrogen and oxygen atoms in total. The summed E-state index contributed by atoms with van der Waals surface area (Å²) in [5.41, 5.74) is -0.0138. The van der Waals surface area contributed by atoms with Crippen LogP contribution >= 0.6 is 0 Å². The number of hydrogen-bond donors (Lipinski definition) is 0. The van der Waals surface area contributed by atoms with Crippen LogP contribution in [-0.4, -0.2) is 64.5 Å². The maximum absolute atomic E-state index is 13.0. The molecule has 3 heterocycles. The molecular formula is C16H22N4O5S. The monoisotopic (exact) mass is 382 g/mol. The molecule has 2 aromatic rings. The van der Waals surface area contributed by atoms with E-state index in [9.17, 15) is 18.0 Å². The van der Waals surface area contributed by atoms with Crippen LogP contribution in [0, 0.1) is 6.92 Å². The number of carbonyl (C=O) groups excluding carboxylic acids is 1. The molecule has 0 atom stereocenters. The van der Waals surface area contributed by atoms with Gasteiger partial charge in [-0.1, -0.05) is 0 Å². The van der Waals surface area contributed by atoms with Crippen LogP contribution in [0.2, 0.25) is 0 Å². The molecule has 0 unspecified atom stereocenters. The molecular weight excluding hydrogens is 360 g/mol. The second kappa shape index (κ2) is 6.51. The van der Waals surface area contributed by atoms with Crippen molar-refractivity contribution in [2.24, 2.45) is 7.05 Å². The number of furan rings is 1. The summed E-state index contributed by atoms with van der Waals surface area (Å²) in [5, 5.41) is -0.339. The predicted octanol–water partition coefficient (Wildman–Crippen LogP) is 0.331. The van der Waals surface area contributed by atoms with Crippen molar-refractivity contribution in [2.45, 2.75) is 26.0 Å². The summed E-state index contributed by atoms with van der Waals surface area (Å²) in [6.07, 6.45) is 1.34. The van der Waals surface area contributed by atoms with Crippen molar-refractivity contribution in [3.05, 3.63) is 28.0 Å². The Balaban J connectivity index is 1.89. The summed E-state index contributed by atoms with van der Waals surface area (Å²) in [6, 6.07) is 0. The first-order valence-corrected chi connectivity index (χ1v) is 9.88. The smallest absolute Gasteiger partial charge is 0.265 e. The van der Waals surface area contributed by atoms with Gasteiger partial charge < -0.3 is 13.9 Å². The number of aryl methyl sites for hydroxylation is 2. The van der Waals surface area contributed by atoms with E-state index in [0.29, 0.717) is 5.76 Å². The van der Waals surface area contributed by atoms with E-state index >= 15 is 0 Å². The SMILES string of the molecule is Cc1oc2ncn(C)c(=O)c2c1C(=O)N1CCN(S(=O)(=O)C(C)C)CC1. The third-order valence-electron chi connectivity index (χ3n) is 4.64. The fourth-order valence-electron chi connectivity index (χ4n) is 3.05. The first-order valence-electron chi connectivity index (χ1n) is 8.37. The topological polar surface area (TPSA) is 106 Å². The van der Waals surface area contributed by atoms with Crippen molar-refractivity contribution >= 4 is 27.0 Å². The summed E-state index contributed by atoms with van der Waals surface area (Å²) in [6.45, 7) is 5.88. The Morgan fingerprint density at radius 3 is 2.42 bits per heavy atom. The average molecular weight is 382 g/mol. The van der Waals surface area contributed by atoms with Gasteiger partial charge in [-0.2, -0.15) is 4.31 Å². The Kier molecular flexibility index (Phi) is 4.65. The fourth-order valence-corrected chi connectivity index (χ4v) is 4.32. The van der Waals surface area contributed by atoms with Gasteiger partial charge in [0.15, 0.2) is 0 Å². The molecule has 0 radical (unpaired) electrons. The second-order valence-electron chi connectivity index (χ2n) is 6.66. The lowest BCUT2D eigenvalue weighted by Gasteiger charge is -2.34. The third kappa shape index (κ3) is 2.92. The summed E-state index contributed by atoms with van der Waals surface area (Å²) in [4.78, 5) is 31.0. The van der Waals surface area contributed by atoms with Gasteiger partial charge in [-0.25, -0.2) is 13.4 Å². The average Bonchev–Trinajstić information content (AvgIpc) is 2.94. The molecule has 142 valence electrons. The molecule has 3 rings (SSSR count). The maximum Gasteiger partial charge on any atom is 0.265 e. The molecule has 1 saturated heterocycles. The normalized spacial score (nSPS) is 16.6. The van der Waals surface area contributed by atoms with Crippen molar-refractivity contribution in [3.8, 4) is 0 Å². The summed E-state index contributed by atoms with van der Waals surface area (Å²) >= 11 is 0. The van der Waals surface area contributed by atoms with E-state index in [-0.39, 0.29) is 54.3 Å². The third-order valence-corrected chi connectivity index (χ3v) is 6.92. The first kappa shape index (κ1) is 18.6. The molecule has 1 fully saturated rings. The highest BCUT2D eigenvalue weighted by Crippen LogP contribution is 2.23. The highest BCUT2D eigenvalue weighted by molar-refractivity contribution is 7.89. The molecule has 1 amide bonds. The zero-order chi connectivity index (χ0) is 19.2. The van der Waals surface area contributed by atoms with Gasteiger partial charge in [0.2, 0.25) is 15.7 Å². The molecule has 0 aromatic carbocycles. The fraction of sp³-hybridized carbons (Fsp3) is 0.562. The standard InChI is InChI=1S/C16H22N4O5S/c1-10(2)26(23,24)20-7-5-19(6-8-20)16(22)12-11(3)25-14-13(12)15(21)18(4)9-17-14/h9-10H,5-8H2,1-4H3. The summed E-state index contributed by atoms with van der Waals surface area (Å²) in [7, 11) is -1.79. The van der Waals surface area contributed by atoms with Crippen LogP contribution in [0.4, 0.5) is 0 Å². The molecule has 0 aliphatic carbocycles. The van der Waals surface area contributed by atoms with Crippen molar-refractivity contribution < 1.29 is 17.6 Å². The number of hydrogen-bond acceptors (Lipinski definition) is 6. The Bertz CT molecular complexity index is 1010. The van der Waals surface area contributed by atoms with E-state index in [4.69, 9.17) is 4.42 Å². The van der Waals surface area contributed by atoms with Gasteiger partial charge in [0, 0.05) is 33.2 Å². The number of rotatable bonds is 3. The minimum Gasteiger partial charge on any atom is -0.442 e. The highest BCUT2D eigenvalue weighted by Gasteiger charge is 2.33. The first-order chi connectivity index (χ1) is 12.1. The van der Waals surface area contributed by atoms with Crippen LogP contribution in [0.15, 0.2) is 15.5 Å². The van der Waals surface area contributed by atoms with Crippen molar-refractivity contribution in [3.63, 3.8) is 0 Å². The minimum atomic E-state index is -3.34. The molecule has 26 heavy (non-hydrogen) atoms. The Labute approximate surface area is 151 Å². The molecule has 0 spiro atoms. The zero-order valence-corrected chi connectivity index (χ0v) is 16.0. The number of nitrogens with zero attached hydrogens (tertiary/aromatic N) is 4. The number of aromatic nitrogens is 2. The number of piperazine rings is 1. The van der Waals surface area contributed by atoms with Gasteiger partial charge in [0.1, 0.15) is 17.5 Å². The number of fused-ring (bicyclic) bond motifs is 1. The Morgan fingerprint density at radius 1 is 1.23 bits per heavy atom. The lowest BCUT2D eigenvalue weighted by Crippen LogP contribution is -2.52. The molecule has 0 bridgehead atoms. The molecule has 0 N–H and O–H groups in total. The molecule has 0 saturated carbocycles. The van der Waals surface area contributed by atoms with E-state index < -0.39 is 15.3 Å². The number of amides is 1. The van der Waals surface area contributed by atoms with Crippen LogP contribution in [-0.2, 0) is 17.1 Å². The van der Waals surface area contributed by atoms with E-state index in [2.05, 4.69) is 4.98 Å². The molecule has 2 aromatic heterocycles. The van der Waals surface area contributed by atoms with Gasteiger partial charge in [-0.15, -0.1) is 0 Å². The van der Waals surface area contributed by atoms with Gasteiger partial charge in [-0.3, -0.25) is 9.59 Å². The molecule has 1 aliphatic rings. The lowest BCUT2D eigenvalue weighted by molar-refractivity contribution is 0.0697. The van der Waals surface area contributed by atoms with Crippen LogP contribution in [0.3, 0.4) is 0 Å². The van der Waals surface area contributed by atoms with E-state index in [1.165, 1.54) is 15.2 Å². The van der Waals surface area contributed by atoms with Crippen LogP contribution < -0.4 is 5.56 Å². The van der Waals surface area contributed by atoms with Crippen LogP contribution in [0.1, 0.15) is 30.0 Å². The highest BCUT2D eigenvalue weighted by atomic mass is 32.2. The number of carbonyl (C=O) groups is 1. The van der Waals surface area contributed by atoms with Crippen LogP contribution in [0.25, 0.3) is 11.1 Å². The Morgan fingerprint density at radius 2 is 1.85 bits per heavy atom. The Hall–Kier alpha value is -2.20. The van der Waals surface area contributed by atoms with E-state index in [1.54, 1.807) is 32.7 Å². The van der Waals surface area contributed by atoms with Crippen molar-refractivity contribution in [2.75, 3.05) is 26.2 Å². The number of sulfonamides is 1. The zero-order valence-electron chi connectivity index (χ0n) is 15.2. The molecule has 10 heteroatoms. The van der Waals surface area contributed by atoms with Crippen molar-refractivity contribution in [1.29, 1.82) is 0 Å². The maximum atomic E-state index is 13.0. The van der Waals surface area contributed by atoms with Gasteiger partial charge in [0.25, 0.3) is 11.5 Å². The van der Waals surface area contributed by atoms with Gasteiger partial charge in [-0.05, 0) is 20.8 Å². The minimum absolute atomic E-state index is 0.134. The second-order valence-corrected chi connectivity index (χ2v) is 9.15. The summed E-state index contributed by atoms with van der Waals surface area (Å²) in [5.74, 6) is -0.00836. The lowest BCUT2D eigenvalue weighted by atomic mass is 10.1. The quantitative estimate of drug-likeness (QED) is 0.757. The largest absolute Gasteiger partial charge is 0.442 e. The van der Waals surface area contributed by atoms with E-state index in [0.717, 1.165) is 0 Å². The predicted molar refractivity (Wildman–Crippen MR) is 95.5 cm³/mol. The van der Waals surface area contributed by atoms with Crippen molar-refractivity contribution in [1.82, 2.24) is 18.8 Å². The van der Waals surface area contributed by atoms with Gasteiger partial charge in [0.05, 0.1) is 10.8 Å². The molecule has 1 aliphatic heterocycles. The van der Waals surface area contributed by atoms with Crippen LogP contribution in [0.5, 0.6) is 0 Å². The summed E-state index contributed by atoms with van der Waals surface area (Å²) < 4.78 is 32.7. The van der Waals surface area contributed by atoms with Gasteiger partial charge >= 0.3 is 0 Å². The van der Waals surface area contributed by atoms with E-state index in [1.807, 2.05) is 0 Å².